The zero-order chi connectivity index (χ0) is 11.7. The van der Waals surface area contributed by atoms with E-state index in [9.17, 15) is 0 Å². The number of aryl methyl sites for hydroxylation is 3. The average Bonchev–Trinajstić information content (AvgIpc) is 2.23. The Bertz CT molecular complexity index is 530. The van der Waals surface area contributed by atoms with Gasteiger partial charge in [0.15, 0.2) is 0 Å². The molecule has 1 heterocycles. The highest BCUT2D eigenvalue weighted by molar-refractivity contribution is 5.66. The van der Waals surface area contributed by atoms with Crippen LogP contribution in [0.25, 0.3) is 11.3 Å². The summed E-state index contributed by atoms with van der Waals surface area (Å²) in [5.41, 5.74) is 11.6. The van der Waals surface area contributed by atoms with Crippen LogP contribution in [0.1, 0.15) is 16.7 Å². The highest BCUT2D eigenvalue weighted by Gasteiger charge is 2.05. The highest BCUT2D eigenvalue weighted by atomic mass is 14.8. The minimum absolute atomic E-state index is 0.565. The maximum Gasteiger partial charge on any atom is 0.124 e. The molecule has 82 valence electrons. The van der Waals surface area contributed by atoms with Crippen molar-refractivity contribution < 1.29 is 0 Å². The summed E-state index contributed by atoms with van der Waals surface area (Å²) in [5, 5.41) is 0. The van der Waals surface area contributed by atoms with Crippen LogP contribution >= 0.6 is 0 Å². The summed E-state index contributed by atoms with van der Waals surface area (Å²) in [7, 11) is 0. The lowest BCUT2D eigenvalue weighted by Crippen LogP contribution is -1.94. The van der Waals surface area contributed by atoms with Gasteiger partial charge in [-0.1, -0.05) is 12.1 Å². The standard InChI is InChI=1S/C14H16N2/c1-9-7-11(3)12(8-10(9)2)13-5-4-6-14(15)16-13/h4-8H,1-3H3,(H2,15,16). The molecule has 0 aliphatic heterocycles. The number of anilines is 1. The van der Waals surface area contributed by atoms with Gasteiger partial charge in [0.05, 0.1) is 5.69 Å². The van der Waals surface area contributed by atoms with E-state index < -0.39 is 0 Å². The molecular formula is C14H16N2. The number of aromatic nitrogens is 1. The number of hydrogen-bond donors (Lipinski definition) is 1. The van der Waals surface area contributed by atoms with Crippen molar-refractivity contribution in [1.82, 2.24) is 4.98 Å². The molecule has 0 fully saturated rings. The smallest absolute Gasteiger partial charge is 0.124 e. The average molecular weight is 212 g/mol. The van der Waals surface area contributed by atoms with Gasteiger partial charge >= 0.3 is 0 Å². The normalized spacial score (nSPS) is 10.4. The fourth-order valence-corrected chi connectivity index (χ4v) is 1.84. The molecule has 0 unspecified atom stereocenters. The molecule has 2 N–H and O–H groups in total. The van der Waals surface area contributed by atoms with Crippen molar-refractivity contribution in [3.05, 3.63) is 47.0 Å². The van der Waals surface area contributed by atoms with Crippen LogP contribution in [0, 0.1) is 20.8 Å². The van der Waals surface area contributed by atoms with E-state index in [1.165, 1.54) is 16.7 Å². The van der Waals surface area contributed by atoms with E-state index in [-0.39, 0.29) is 0 Å². The number of hydrogen-bond acceptors (Lipinski definition) is 2. The van der Waals surface area contributed by atoms with Crippen LogP contribution in [0.4, 0.5) is 5.82 Å². The molecule has 2 heteroatoms. The van der Waals surface area contributed by atoms with Gasteiger partial charge in [-0.25, -0.2) is 4.98 Å². The third-order valence-corrected chi connectivity index (χ3v) is 2.89. The van der Waals surface area contributed by atoms with E-state index >= 15 is 0 Å². The number of nitrogens with zero attached hydrogens (tertiary/aromatic N) is 1. The van der Waals surface area contributed by atoms with Crippen LogP contribution in [0.2, 0.25) is 0 Å². The summed E-state index contributed by atoms with van der Waals surface area (Å²) in [6, 6.07) is 10.1. The first-order chi connectivity index (χ1) is 7.58. The zero-order valence-electron chi connectivity index (χ0n) is 9.91. The Morgan fingerprint density at radius 2 is 1.62 bits per heavy atom. The van der Waals surface area contributed by atoms with Gasteiger partial charge in [0.25, 0.3) is 0 Å². The number of rotatable bonds is 1. The molecule has 2 rings (SSSR count). The summed E-state index contributed by atoms with van der Waals surface area (Å²) in [6.45, 7) is 6.34. The lowest BCUT2D eigenvalue weighted by molar-refractivity contribution is 1.26. The second kappa shape index (κ2) is 3.97. The molecule has 0 spiro atoms. The lowest BCUT2D eigenvalue weighted by Gasteiger charge is -2.09. The van der Waals surface area contributed by atoms with Gasteiger partial charge in [-0.2, -0.15) is 0 Å². The number of benzene rings is 1. The van der Waals surface area contributed by atoms with Crippen LogP contribution in [0.15, 0.2) is 30.3 Å². The van der Waals surface area contributed by atoms with Gasteiger partial charge in [-0.05, 0) is 55.7 Å². The predicted octanol–water partition coefficient (Wildman–Crippen LogP) is 3.26. The fraction of sp³-hybridized carbons (Fsp3) is 0.214. The maximum absolute atomic E-state index is 5.70. The molecule has 16 heavy (non-hydrogen) atoms. The third kappa shape index (κ3) is 1.91. The Hall–Kier alpha value is -1.83. The van der Waals surface area contributed by atoms with Crippen molar-refractivity contribution >= 4 is 5.82 Å². The van der Waals surface area contributed by atoms with E-state index in [2.05, 4.69) is 37.9 Å². The van der Waals surface area contributed by atoms with Crippen molar-refractivity contribution in [3.8, 4) is 11.3 Å². The Kier molecular flexibility index (Phi) is 2.65. The topological polar surface area (TPSA) is 38.9 Å². The Balaban J connectivity index is 2.60. The predicted molar refractivity (Wildman–Crippen MR) is 68.3 cm³/mol. The van der Waals surface area contributed by atoms with Crippen molar-refractivity contribution in [2.75, 3.05) is 5.73 Å². The van der Waals surface area contributed by atoms with E-state index in [4.69, 9.17) is 5.73 Å². The Labute approximate surface area is 96.1 Å². The number of pyridine rings is 1. The summed E-state index contributed by atoms with van der Waals surface area (Å²) < 4.78 is 0. The van der Waals surface area contributed by atoms with E-state index in [0.29, 0.717) is 5.82 Å². The van der Waals surface area contributed by atoms with Crippen LogP contribution in [-0.4, -0.2) is 4.98 Å². The van der Waals surface area contributed by atoms with Gasteiger partial charge in [-0.15, -0.1) is 0 Å². The summed E-state index contributed by atoms with van der Waals surface area (Å²) in [4.78, 5) is 4.35. The minimum Gasteiger partial charge on any atom is -0.384 e. The molecule has 0 amide bonds. The first-order valence-corrected chi connectivity index (χ1v) is 5.38. The molecular weight excluding hydrogens is 196 g/mol. The largest absolute Gasteiger partial charge is 0.384 e. The summed E-state index contributed by atoms with van der Waals surface area (Å²) >= 11 is 0. The molecule has 1 aromatic heterocycles. The molecule has 0 radical (unpaired) electrons. The molecule has 0 aliphatic carbocycles. The number of nitrogens with two attached hydrogens (primary N) is 1. The molecule has 2 aromatic rings. The maximum atomic E-state index is 5.70. The van der Waals surface area contributed by atoms with E-state index in [0.717, 1.165) is 11.3 Å². The van der Waals surface area contributed by atoms with Gasteiger partial charge in [-0.3, -0.25) is 0 Å². The summed E-state index contributed by atoms with van der Waals surface area (Å²) in [5.74, 6) is 0.565. The SMILES string of the molecule is Cc1cc(C)c(-c2cccc(N)n2)cc1C. The van der Waals surface area contributed by atoms with Crippen LogP contribution < -0.4 is 5.73 Å². The van der Waals surface area contributed by atoms with Gasteiger partial charge in [0.1, 0.15) is 5.82 Å². The van der Waals surface area contributed by atoms with E-state index in [1.54, 1.807) is 6.07 Å². The van der Waals surface area contributed by atoms with Gasteiger partial charge in [0, 0.05) is 5.56 Å². The minimum atomic E-state index is 0.565. The molecule has 0 atom stereocenters. The summed E-state index contributed by atoms with van der Waals surface area (Å²) in [6.07, 6.45) is 0. The Morgan fingerprint density at radius 3 is 2.31 bits per heavy atom. The van der Waals surface area contributed by atoms with E-state index in [1.807, 2.05) is 12.1 Å². The molecule has 0 saturated carbocycles. The monoisotopic (exact) mass is 212 g/mol. The highest BCUT2D eigenvalue weighted by Crippen LogP contribution is 2.25. The Morgan fingerprint density at radius 1 is 0.938 bits per heavy atom. The lowest BCUT2D eigenvalue weighted by atomic mass is 9.98. The first-order valence-electron chi connectivity index (χ1n) is 5.38. The van der Waals surface area contributed by atoms with Crippen LogP contribution in [-0.2, 0) is 0 Å². The molecule has 1 aromatic carbocycles. The van der Waals surface area contributed by atoms with Crippen molar-refractivity contribution in [2.45, 2.75) is 20.8 Å². The number of nitrogen functional groups attached to an aromatic ring is 1. The molecule has 0 bridgehead atoms. The van der Waals surface area contributed by atoms with Crippen LogP contribution in [0.5, 0.6) is 0 Å². The van der Waals surface area contributed by atoms with Crippen molar-refractivity contribution in [2.24, 2.45) is 0 Å². The fourth-order valence-electron chi connectivity index (χ4n) is 1.84. The van der Waals surface area contributed by atoms with Crippen molar-refractivity contribution in [1.29, 1.82) is 0 Å². The first kappa shape index (κ1) is 10.7. The van der Waals surface area contributed by atoms with Crippen LogP contribution in [0.3, 0.4) is 0 Å². The third-order valence-electron chi connectivity index (χ3n) is 2.89. The van der Waals surface area contributed by atoms with Gasteiger partial charge in [0.2, 0.25) is 0 Å². The van der Waals surface area contributed by atoms with Crippen molar-refractivity contribution in [3.63, 3.8) is 0 Å². The molecule has 2 nitrogen and oxygen atoms in total. The van der Waals surface area contributed by atoms with Gasteiger partial charge < -0.3 is 5.73 Å². The molecule has 0 aliphatic rings. The quantitative estimate of drug-likeness (QED) is 0.788. The molecule has 0 saturated heterocycles. The second-order valence-electron chi connectivity index (χ2n) is 4.20. The zero-order valence-corrected chi connectivity index (χ0v) is 9.91. The second-order valence-corrected chi connectivity index (χ2v) is 4.20.